The normalized spacial score (nSPS) is 12.2. The number of ketones is 1. The van der Waals surface area contributed by atoms with Crippen LogP contribution in [0, 0.1) is 0 Å². The zero-order valence-electron chi connectivity index (χ0n) is 17.3. The SMILES string of the molecule is CCN(CC)CCSC(CC(=O)c1ccc(Cl)cc1)c1ccc(N(C)C)cc1. The Balaban J connectivity index is 2.12. The van der Waals surface area contributed by atoms with Crippen LogP contribution in [0.25, 0.3) is 0 Å². The lowest BCUT2D eigenvalue weighted by atomic mass is 10.0. The highest BCUT2D eigenvalue weighted by Crippen LogP contribution is 2.34. The third-order valence-electron chi connectivity index (χ3n) is 4.94. The van der Waals surface area contributed by atoms with Crippen LogP contribution < -0.4 is 4.90 Å². The molecule has 0 spiro atoms. The van der Waals surface area contributed by atoms with E-state index in [1.165, 1.54) is 11.3 Å². The minimum atomic E-state index is 0.148. The predicted octanol–water partition coefficient (Wildman–Crippen LogP) is 5.80. The predicted molar refractivity (Wildman–Crippen MR) is 124 cm³/mol. The van der Waals surface area contributed by atoms with Gasteiger partial charge in [0, 0.05) is 54.3 Å². The third kappa shape index (κ3) is 6.84. The molecule has 1 atom stereocenters. The van der Waals surface area contributed by atoms with E-state index in [4.69, 9.17) is 11.6 Å². The highest BCUT2D eigenvalue weighted by atomic mass is 35.5. The molecule has 3 nitrogen and oxygen atoms in total. The first-order valence-corrected chi connectivity index (χ1v) is 11.3. The molecule has 5 heteroatoms. The summed E-state index contributed by atoms with van der Waals surface area (Å²) in [5, 5.41) is 0.802. The van der Waals surface area contributed by atoms with Crippen LogP contribution in [-0.4, -0.2) is 50.2 Å². The molecule has 0 aliphatic rings. The number of thioether (sulfide) groups is 1. The van der Waals surface area contributed by atoms with Crippen molar-refractivity contribution in [1.29, 1.82) is 0 Å². The minimum Gasteiger partial charge on any atom is -0.378 e. The van der Waals surface area contributed by atoms with Gasteiger partial charge in [-0.15, -0.1) is 0 Å². The maximum atomic E-state index is 12.8. The Morgan fingerprint density at radius 3 is 2.14 bits per heavy atom. The molecule has 0 aromatic heterocycles. The van der Waals surface area contributed by atoms with Gasteiger partial charge in [-0.3, -0.25) is 4.79 Å². The first kappa shape index (κ1) is 22.8. The van der Waals surface area contributed by atoms with Crippen LogP contribution in [0.2, 0.25) is 5.02 Å². The summed E-state index contributed by atoms with van der Waals surface area (Å²) >= 11 is 7.83. The molecule has 0 aliphatic carbocycles. The number of hydrogen-bond acceptors (Lipinski definition) is 4. The summed E-state index contributed by atoms with van der Waals surface area (Å²) < 4.78 is 0. The van der Waals surface area contributed by atoms with E-state index >= 15 is 0 Å². The Morgan fingerprint density at radius 2 is 1.61 bits per heavy atom. The van der Waals surface area contributed by atoms with E-state index in [-0.39, 0.29) is 11.0 Å². The van der Waals surface area contributed by atoms with Gasteiger partial charge in [-0.25, -0.2) is 0 Å². The fraction of sp³-hybridized carbons (Fsp3) is 0.435. The fourth-order valence-electron chi connectivity index (χ4n) is 3.05. The molecule has 28 heavy (non-hydrogen) atoms. The maximum absolute atomic E-state index is 12.8. The second kappa shape index (κ2) is 11.5. The van der Waals surface area contributed by atoms with Crippen molar-refractivity contribution in [1.82, 2.24) is 4.90 Å². The van der Waals surface area contributed by atoms with E-state index in [1.54, 1.807) is 12.1 Å². The molecule has 0 aliphatic heterocycles. The quantitative estimate of drug-likeness (QED) is 0.430. The van der Waals surface area contributed by atoms with Crippen LogP contribution in [0.5, 0.6) is 0 Å². The molecule has 0 bridgehead atoms. The summed E-state index contributed by atoms with van der Waals surface area (Å²) in [5.41, 5.74) is 3.10. The van der Waals surface area contributed by atoms with Crippen molar-refractivity contribution >= 4 is 34.8 Å². The number of halogens is 1. The average Bonchev–Trinajstić information content (AvgIpc) is 2.70. The maximum Gasteiger partial charge on any atom is 0.164 e. The van der Waals surface area contributed by atoms with Crippen LogP contribution in [0.15, 0.2) is 48.5 Å². The lowest BCUT2D eigenvalue weighted by Gasteiger charge is -2.22. The average molecular weight is 419 g/mol. The van der Waals surface area contributed by atoms with Crippen molar-refractivity contribution in [2.75, 3.05) is 44.4 Å². The number of rotatable bonds is 11. The summed E-state index contributed by atoms with van der Waals surface area (Å²) in [4.78, 5) is 17.4. The Labute approximate surface area is 179 Å². The van der Waals surface area contributed by atoms with Crippen molar-refractivity contribution in [3.05, 3.63) is 64.7 Å². The number of benzene rings is 2. The van der Waals surface area contributed by atoms with Gasteiger partial charge in [0.25, 0.3) is 0 Å². The summed E-state index contributed by atoms with van der Waals surface area (Å²) in [7, 11) is 4.07. The first-order valence-electron chi connectivity index (χ1n) is 9.84. The summed E-state index contributed by atoms with van der Waals surface area (Å²) in [6, 6.07) is 15.8. The van der Waals surface area contributed by atoms with Crippen molar-refractivity contribution < 1.29 is 4.79 Å². The van der Waals surface area contributed by atoms with E-state index in [0.29, 0.717) is 11.4 Å². The van der Waals surface area contributed by atoms with Gasteiger partial charge >= 0.3 is 0 Å². The Kier molecular flexibility index (Phi) is 9.36. The molecule has 152 valence electrons. The van der Waals surface area contributed by atoms with E-state index in [9.17, 15) is 4.79 Å². The number of Topliss-reactive ketones (excluding diaryl/α,β-unsaturated/α-hetero) is 1. The van der Waals surface area contributed by atoms with Gasteiger partial charge < -0.3 is 9.80 Å². The zero-order chi connectivity index (χ0) is 20.5. The lowest BCUT2D eigenvalue weighted by Crippen LogP contribution is -2.25. The molecule has 0 N–H and O–H groups in total. The molecule has 2 rings (SSSR count). The van der Waals surface area contributed by atoms with Gasteiger partial charge in [-0.1, -0.05) is 37.6 Å². The summed E-state index contributed by atoms with van der Waals surface area (Å²) in [6.45, 7) is 7.54. The van der Waals surface area contributed by atoms with E-state index in [1.807, 2.05) is 38.0 Å². The van der Waals surface area contributed by atoms with Crippen LogP contribution in [0.4, 0.5) is 5.69 Å². The van der Waals surface area contributed by atoms with E-state index < -0.39 is 0 Å². The van der Waals surface area contributed by atoms with Crippen molar-refractivity contribution in [2.24, 2.45) is 0 Å². The molecule has 0 amide bonds. The van der Waals surface area contributed by atoms with Crippen LogP contribution in [0.3, 0.4) is 0 Å². The molecule has 0 radical (unpaired) electrons. The molecule has 0 fully saturated rings. The third-order valence-corrected chi connectivity index (χ3v) is 6.45. The van der Waals surface area contributed by atoms with Gasteiger partial charge in [0.05, 0.1) is 0 Å². The highest BCUT2D eigenvalue weighted by molar-refractivity contribution is 7.99. The number of nitrogens with zero attached hydrogens (tertiary/aromatic N) is 2. The number of anilines is 1. The molecule has 0 saturated carbocycles. The number of carbonyl (C=O) groups is 1. The van der Waals surface area contributed by atoms with Gasteiger partial charge in [0.1, 0.15) is 0 Å². The largest absolute Gasteiger partial charge is 0.378 e. The first-order chi connectivity index (χ1) is 13.4. The standard InChI is InChI=1S/C23H31ClN2OS/c1-5-26(6-2)15-16-28-23(19-9-13-21(14-10-19)25(3)4)17-22(27)18-7-11-20(24)12-8-18/h7-14,23H,5-6,15-17H2,1-4H3. The Hall–Kier alpha value is -1.49. The molecule has 2 aromatic rings. The molecule has 0 saturated heterocycles. The van der Waals surface area contributed by atoms with Crippen LogP contribution in [-0.2, 0) is 0 Å². The molecular formula is C23H31ClN2OS. The van der Waals surface area contributed by atoms with E-state index in [0.717, 1.165) is 31.0 Å². The van der Waals surface area contributed by atoms with Crippen molar-refractivity contribution in [3.63, 3.8) is 0 Å². The molecular weight excluding hydrogens is 388 g/mol. The fourth-order valence-corrected chi connectivity index (χ4v) is 4.44. The smallest absolute Gasteiger partial charge is 0.164 e. The monoisotopic (exact) mass is 418 g/mol. The Morgan fingerprint density at radius 1 is 1.00 bits per heavy atom. The lowest BCUT2D eigenvalue weighted by molar-refractivity contribution is 0.0982. The summed E-state index contributed by atoms with van der Waals surface area (Å²) in [5.74, 6) is 1.17. The van der Waals surface area contributed by atoms with Crippen molar-refractivity contribution in [3.8, 4) is 0 Å². The minimum absolute atomic E-state index is 0.148. The molecule has 1 unspecified atom stereocenters. The molecule has 0 heterocycles. The number of carbonyl (C=O) groups excluding carboxylic acids is 1. The van der Waals surface area contributed by atoms with Gasteiger partial charge in [-0.2, -0.15) is 11.8 Å². The number of hydrogen-bond donors (Lipinski definition) is 0. The van der Waals surface area contributed by atoms with Crippen LogP contribution in [0.1, 0.15) is 41.4 Å². The van der Waals surface area contributed by atoms with E-state index in [2.05, 4.69) is 47.9 Å². The topological polar surface area (TPSA) is 23.6 Å². The second-order valence-corrected chi connectivity index (χ2v) is 8.75. The van der Waals surface area contributed by atoms with Gasteiger partial charge in [0.15, 0.2) is 5.78 Å². The zero-order valence-corrected chi connectivity index (χ0v) is 18.9. The van der Waals surface area contributed by atoms with Crippen molar-refractivity contribution in [2.45, 2.75) is 25.5 Å². The highest BCUT2D eigenvalue weighted by Gasteiger charge is 2.18. The van der Waals surface area contributed by atoms with Crippen LogP contribution >= 0.6 is 23.4 Å². The second-order valence-electron chi connectivity index (χ2n) is 7.01. The Bertz CT molecular complexity index is 727. The van der Waals surface area contributed by atoms with Gasteiger partial charge in [-0.05, 0) is 55.1 Å². The molecule has 2 aromatic carbocycles. The summed E-state index contributed by atoms with van der Waals surface area (Å²) in [6.07, 6.45) is 0.492. The van der Waals surface area contributed by atoms with Gasteiger partial charge in [0.2, 0.25) is 0 Å².